The zero-order chi connectivity index (χ0) is 27.9. The number of halogens is 4. The van der Waals surface area contributed by atoms with Crippen LogP contribution in [0, 0.1) is 0 Å². The molecule has 0 radical (unpaired) electrons. The second-order valence-corrected chi connectivity index (χ2v) is 12.5. The van der Waals surface area contributed by atoms with Crippen molar-refractivity contribution in [2.24, 2.45) is 0 Å². The van der Waals surface area contributed by atoms with Gasteiger partial charge in [0.05, 0.1) is 39.4 Å². The maximum absolute atomic E-state index is 14.0. The molecule has 3 aromatic rings. The SMILES string of the molecule is CS(=O)(=O)c1cc(-c2nc(Nc3cc4c(cc3Cl)CNCC4)ncc2C(F)(F)F)sc1C(=O)N1CCOCC1. The minimum absolute atomic E-state index is 0.132. The molecule has 15 heteroatoms. The number of alkyl halides is 3. The van der Waals surface area contributed by atoms with Crippen LogP contribution in [0.5, 0.6) is 0 Å². The van der Waals surface area contributed by atoms with Crippen LogP contribution in [-0.2, 0) is 33.7 Å². The van der Waals surface area contributed by atoms with Gasteiger partial charge in [0.25, 0.3) is 5.91 Å². The third-order valence-electron chi connectivity index (χ3n) is 6.34. The Morgan fingerprint density at radius 1 is 1.21 bits per heavy atom. The van der Waals surface area contributed by atoms with E-state index in [-0.39, 0.29) is 46.9 Å². The van der Waals surface area contributed by atoms with Gasteiger partial charge in [0.15, 0.2) is 9.84 Å². The van der Waals surface area contributed by atoms with Gasteiger partial charge >= 0.3 is 6.18 Å². The van der Waals surface area contributed by atoms with Crippen molar-refractivity contribution >= 4 is 50.3 Å². The van der Waals surface area contributed by atoms with Crippen LogP contribution in [0.3, 0.4) is 0 Å². The molecule has 0 atom stereocenters. The number of hydrogen-bond donors (Lipinski definition) is 2. The minimum atomic E-state index is -4.84. The average Bonchev–Trinajstić information content (AvgIpc) is 3.35. The van der Waals surface area contributed by atoms with Crippen LogP contribution in [0.1, 0.15) is 26.4 Å². The first-order valence-electron chi connectivity index (χ1n) is 11.9. The van der Waals surface area contributed by atoms with Crippen LogP contribution in [0.25, 0.3) is 10.6 Å². The molecule has 208 valence electrons. The third kappa shape index (κ3) is 5.89. The lowest BCUT2D eigenvalue weighted by Gasteiger charge is -2.26. The number of ether oxygens (including phenoxy) is 1. The van der Waals surface area contributed by atoms with Crippen LogP contribution in [0.2, 0.25) is 5.02 Å². The molecule has 1 amide bonds. The molecular weight excluding hydrogens is 579 g/mol. The first-order chi connectivity index (χ1) is 18.4. The van der Waals surface area contributed by atoms with Crippen molar-refractivity contribution in [1.82, 2.24) is 20.2 Å². The predicted octanol–water partition coefficient (Wildman–Crippen LogP) is 4.14. The number of carbonyl (C=O) groups excluding carboxylic acids is 1. The highest BCUT2D eigenvalue weighted by molar-refractivity contribution is 7.91. The van der Waals surface area contributed by atoms with Crippen molar-refractivity contribution < 1.29 is 31.1 Å². The molecule has 1 saturated heterocycles. The molecule has 2 aliphatic rings. The lowest BCUT2D eigenvalue weighted by atomic mass is 10.0. The van der Waals surface area contributed by atoms with E-state index < -0.39 is 33.2 Å². The molecule has 0 unspecified atom stereocenters. The molecule has 1 aromatic carbocycles. The Balaban J connectivity index is 1.58. The summed E-state index contributed by atoms with van der Waals surface area (Å²) in [6.07, 6.45) is -2.55. The lowest BCUT2D eigenvalue weighted by Crippen LogP contribution is -2.40. The van der Waals surface area contributed by atoms with Crippen molar-refractivity contribution in [2.45, 2.75) is 24.0 Å². The summed E-state index contributed by atoms with van der Waals surface area (Å²) in [5, 5.41) is 6.48. The number of fused-ring (bicyclic) bond motifs is 1. The largest absolute Gasteiger partial charge is 0.420 e. The number of anilines is 2. The van der Waals surface area contributed by atoms with E-state index >= 15 is 0 Å². The Hall–Kier alpha value is -2.78. The number of nitrogens with zero attached hydrogens (tertiary/aromatic N) is 3. The zero-order valence-corrected chi connectivity index (χ0v) is 23.0. The Bertz CT molecular complexity index is 1540. The summed E-state index contributed by atoms with van der Waals surface area (Å²) in [7, 11) is -3.96. The first-order valence-corrected chi connectivity index (χ1v) is 14.9. The molecule has 9 nitrogen and oxygen atoms in total. The van der Waals surface area contributed by atoms with Crippen molar-refractivity contribution in [3.05, 3.63) is 51.0 Å². The van der Waals surface area contributed by atoms with Crippen molar-refractivity contribution in [1.29, 1.82) is 0 Å². The predicted molar refractivity (Wildman–Crippen MR) is 140 cm³/mol. The monoisotopic (exact) mass is 601 g/mol. The minimum Gasteiger partial charge on any atom is -0.378 e. The topological polar surface area (TPSA) is 114 Å². The molecular formula is C24H23ClF3N5O4S2. The molecule has 0 saturated carbocycles. The van der Waals surface area contributed by atoms with Gasteiger partial charge in [-0.1, -0.05) is 11.6 Å². The van der Waals surface area contributed by atoms with Crippen molar-refractivity contribution in [3.63, 3.8) is 0 Å². The first kappa shape index (κ1) is 27.8. The van der Waals surface area contributed by atoms with E-state index in [0.717, 1.165) is 36.4 Å². The van der Waals surface area contributed by atoms with Gasteiger partial charge < -0.3 is 20.3 Å². The van der Waals surface area contributed by atoms with Gasteiger partial charge in [-0.15, -0.1) is 11.3 Å². The highest BCUT2D eigenvalue weighted by Crippen LogP contribution is 2.41. The van der Waals surface area contributed by atoms with E-state index in [4.69, 9.17) is 16.3 Å². The number of amides is 1. The fraction of sp³-hybridized carbons (Fsp3) is 0.375. The smallest absolute Gasteiger partial charge is 0.378 e. The Morgan fingerprint density at radius 3 is 2.64 bits per heavy atom. The molecule has 39 heavy (non-hydrogen) atoms. The van der Waals surface area contributed by atoms with Gasteiger partial charge in [-0.25, -0.2) is 18.4 Å². The normalized spacial score (nSPS) is 16.2. The maximum atomic E-state index is 14.0. The van der Waals surface area contributed by atoms with Gasteiger partial charge in [-0.3, -0.25) is 4.79 Å². The molecule has 2 aliphatic heterocycles. The highest BCUT2D eigenvalue weighted by Gasteiger charge is 2.37. The second-order valence-electron chi connectivity index (χ2n) is 9.09. The number of nitrogens with one attached hydrogen (secondary N) is 2. The van der Waals surface area contributed by atoms with Gasteiger partial charge in [0, 0.05) is 32.1 Å². The van der Waals surface area contributed by atoms with E-state index in [0.29, 0.717) is 34.8 Å². The third-order valence-corrected chi connectivity index (χ3v) is 9.03. The molecule has 1 fully saturated rings. The fourth-order valence-electron chi connectivity index (χ4n) is 4.38. The quantitative estimate of drug-likeness (QED) is 0.449. The number of hydrogen-bond acceptors (Lipinski definition) is 9. The van der Waals surface area contributed by atoms with Gasteiger partial charge in [0.2, 0.25) is 5.95 Å². The number of benzene rings is 1. The summed E-state index contributed by atoms with van der Waals surface area (Å²) in [5.74, 6) is -0.754. The van der Waals surface area contributed by atoms with Gasteiger partial charge in [-0.2, -0.15) is 13.2 Å². The Labute approximate surface area is 231 Å². The molecule has 0 spiro atoms. The Kier molecular flexibility index (Phi) is 7.59. The summed E-state index contributed by atoms with van der Waals surface area (Å²) in [6, 6.07) is 4.65. The van der Waals surface area contributed by atoms with Crippen LogP contribution < -0.4 is 10.6 Å². The van der Waals surface area contributed by atoms with Crippen LogP contribution in [0.4, 0.5) is 24.8 Å². The van der Waals surface area contributed by atoms with E-state index in [2.05, 4.69) is 20.6 Å². The van der Waals surface area contributed by atoms with Gasteiger partial charge in [-0.05, 0) is 42.3 Å². The summed E-state index contributed by atoms with van der Waals surface area (Å²) in [5.41, 5.74) is 0.774. The summed E-state index contributed by atoms with van der Waals surface area (Å²) < 4.78 is 72.4. The van der Waals surface area contributed by atoms with E-state index in [1.54, 1.807) is 6.07 Å². The van der Waals surface area contributed by atoms with E-state index in [1.807, 2.05) is 6.07 Å². The summed E-state index contributed by atoms with van der Waals surface area (Å²) in [6.45, 7) is 2.47. The standard InChI is InChI=1S/C24H23ClF3N5O4S2/c1-39(35,36)19-10-18(38-21(19)22(34)33-4-6-37-7-5-33)20-15(24(26,27)28)12-30-23(32-20)31-17-9-13-2-3-29-11-14(13)8-16(17)25/h8-10,12,29H,2-7,11H2,1H3,(H,30,31,32). The number of thiophene rings is 1. The summed E-state index contributed by atoms with van der Waals surface area (Å²) >= 11 is 7.06. The van der Waals surface area contributed by atoms with Crippen molar-refractivity contribution in [3.8, 4) is 10.6 Å². The number of aromatic nitrogens is 2. The molecule has 2 aromatic heterocycles. The Morgan fingerprint density at radius 2 is 1.95 bits per heavy atom. The number of carbonyl (C=O) groups is 1. The van der Waals surface area contributed by atoms with E-state index in [9.17, 15) is 26.4 Å². The number of sulfone groups is 1. The average molecular weight is 602 g/mol. The maximum Gasteiger partial charge on any atom is 0.420 e. The molecule has 2 N–H and O–H groups in total. The number of morpholine rings is 1. The molecule has 5 rings (SSSR count). The van der Waals surface area contributed by atoms with Crippen LogP contribution in [-0.4, -0.2) is 68.3 Å². The fourth-order valence-corrected chi connectivity index (χ4v) is 7.05. The second kappa shape index (κ2) is 10.7. The van der Waals surface area contributed by atoms with Crippen LogP contribution >= 0.6 is 22.9 Å². The molecule has 0 bridgehead atoms. The van der Waals surface area contributed by atoms with Crippen molar-refractivity contribution in [2.75, 3.05) is 44.4 Å². The molecule has 4 heterocycles. The van der Waals surface area contributed by atoms with E-state index in [1.165, 1.54) is 4.90 Å². The summed E-state index contributed by atoms with van der Waals surface area (Å²) in [4.78, 5) is 21.9. The molecule has 0 aliphatic carbocycles. The van der Waals surface area contributed by atoms with Crippen LogP contribution in [0.15, 0.2) is 29.3 Å². The number of rotatable bonds is 5. The highest BCUT2D eigenvalue weighted by atomic mass is 35.5. The van der Waals surface area contributed by atoms with Gasteiger partial charge in [0.1, 0.15) is 10.4 Å². The lowest BCUT2D eigenvalue weighted by molar-refractivity contribution is -0.137. The zero-order valence-electron chi connectivity index (χ0n) is 20.6.